The number of hydrogen-bond donors (Lipinski definition) is 3. The molecule has 150 valence electrons. The van der Waals surface area contributed by atoms with Gasteiger partial charge in [-0.15, -0.1) is 0 Å². The van der Waals surface area contributed by atoms with Crippen LogP contribution in [0.2, 0.25) is 0 Å². The Balaban J connectivity index is 1.89. The molecule has 0 saturated heterocycles. The molecule has 3 N–H and O–H groups in total. The van der Waals surface area contributed by atoms with Gasteiger partial charge in [0.15, 0.2) is 5.96 Å². The van der Waals surface area contributed by atoms with E-state index >= 15 is 0 Å². The van der Waals surface area contributed by atoms with Crippen molar-refractivity contribution in [3.63, 3.8) is 0 Å². The highest BCUT2D eigenvalue weighted by atomic mass is 19.3. The molecule has 0 saturated carbocycles. The van der Waals surface area contributed by atoms with Crippen molar-refractivity contribution >= 4 is 17.6 Å². The molecule has 2 aromatic rings. The van der Waals surface area contributed by atoms with Gasteiger partial charge in [0, 0.05) is 24.8 Å². The summed E-state index contributed by atoms with van der Waals surface area (Å²) in [6.45, 7) is -1.05. The number of nitrogens with one attached hydrogen (secondary N) is 3. The zero-order chi connectivity index (χ0) is 20.5. The summed E-state index contributed by atoms with van der Waals surface area (Å²) in [6.07, 6.45) is 0. The van der Waals surface area contributed by atoms with Gasteiger partial charge in [0.05, 0.1) is 6.54 Å². The number of amides is 1. The van der Waals surface area contributed by atoms with Gasteiger partial charge in [-0.05, 0) is 31.2 Å². The molecule has 0 unspecified atom stereocenters. The third kappa shape index (κ3) is 6.82. The van der Waals surface area contributed by atoms with E-state index < -0.39 is 18.3 Å². The van der Waals surface area contributed by atoms with E-state index in [1.807, 2.05) is 6.92 Å². The predicted octanol–water partition coefficient (Wildman–Crippen LogP) is 3.04. The zero-order valence-corrected chi connectivity index (χ0v) is 15.4. The highest BCUT2D eigenvalue weighted by Gasteiger charge is 2.11. The lowest BCUT2D eigenvalue weighted by atomic mass is 10.1. The summed E-state index contributed by atoms with van der Waals surface area (Å²) in [5, 5.41) is 8.27. The minimum Gasteiger partial charge on any atom is -0.434 e. The highest BCUT2D eigenvalue weighted by Crippen LogP contribution is 2.21. The Hall–Kier alpha value is -3.23. The van der Waals surface area contributed by atoms with Crippen LogP contribution in [-0.4, -0.2) is 32.1 Å². The smallest absolute Gasteiger partial charge is 0.387 e. The van der Waals surface area contributed by atoms with Crippen molar-refractivity contribution in [2.75, 3.05) is 18.9 Å². The number of rotatable bonds is 7. The van der Waals surface area contributed by atoms with Crippen LogP contribution in [0.15, 0.2) is 47.5 Å². The van der Waals surface area contributed by atoms with Crippen LogP contribution in [0.4, 0.5) is 18.9 Å². The number of aryl methyl sites for hydroxylation is 1. The summed E-state index contributed by atoms with van der Waals surface area (Å²) in [7, 11) is 1.51. The monoisotopic (exact) mass is 394 g/mol. The summed E-state index contributed by atoms with van der Waals surface area (Å²) in [4.78, 5) is 15.9. The fourth-order valence-electron chi connectivity index (χ4n) is 2.39. The van der Waals surface area contributed by atoms with Crippen molar-refractivity contribution < 1.29 is 22.7 Å². The molecule has 1 amide bonds. The molecule has 0 spiro atoms. The van der Waals surface area contributed by atoms with Gasteiger partial charge >= 0.3 is 6.61 Å². The van der Waals surface area contributed by atoms with E-state index in [9.17, 15) is 18.0 Å². The number of alkyl halides is 2. The minimum atomic E-state index is -2.93. The molecule has 9 heteroatoms. The standard InChI is InChI=1S/C19H21F3N4O2/c1-12-6-7-16(28-18(21)22)13(8-12)10-24-19(23-2)25-11-17(27)26-15-5-3-4-14(20)9-15/h3-9,18H,10-11H2,1-2H3,(H,26,27)(H2,23,24,25). The van der Waals surface area contributed by atoms with Crippen LogP contribution in [0.5, 0.6) is 5.75 Å². The van der Waals surface area contributed by atoms with Gasteiger partial charge in [0.1, 0.15) is 11.6 Å². The molecular formula is C19H21F3N4O2. The minimum absolute atomic E-state index is 0.0624. The maximum absolute atomic E-state index is 13.1. The first-order valence-electron chi connectivity index (χ1n) is 8.41. The van der Waals surface area contributed by atoms with Gasteiger partial charge < -0.3 is 20.7 Å². The quantitative estimate of drug-likeness (QED) is 0.499. The molecule has 0 fully saturated rings. The first kappa shape index (κ1) is 21.1. The molecule has 0 heterocycles. The second-order valence-electron chi connectivity index (χ2n) is 5.83. The Labute approximate surface area is 160 Å². The third-order valence-electron chi connectivity index (χ3n) is 3.63. The Bertz CT molecular complexity index is 844. The molecule has 28 heavy (non-hydrogen) atoms. The van der Waals surface area contributed by atoms with Crippen molar-refractivity contribution in [3.05, 3.63) is 59.4 Å². The molecule has 0 aliphatic heterocycles. The zero-order valence-electron chi connectivity index (χ0n) is 15.4. The fraction of sp³-hybridized carbons (Fsp3) is 0.263. The van der Waals surface area contributed by atoms with Gasteiger partial charge in [-0.25, -0.2) is 4.39 Å². The number of aliphatic imine (C=N–C) groups is 1. The van der Waals surface area contributed by atoms with Gasteiger partial charge in [-0.3, -0.25) is 9.79 Å². The predicted molar refractivity (Wildman–Crippen MR) is 101 cm³/mol. The molecule has 2 aromatic carbocycles. The van der Waals surface area contributed by atoms with Crippen molar-refractivity contribution in [3.8, 4) is 5.75 Å². The van der Waals surface area contributed by atoms with Crippen LogP contribution >= 0.6 is 0 Å². The number of anilines is 1. The Morgan fingerprint density at radius 3 is 2.64 bits per heavy atom. The molecular weight excluding hydrogens is 373 g/mol. The molecule has 0 aliphatic rings. The number of ether oxygens (including phenoxy) is 1. The molecule has 0 radical (unpaired) electrons. The van der Waals surface area contributed by atoms with Crippen LogP contribution in [-0.2, 0) is 11.3 Å². The lowest BCUT2D eigenvalue weighted by Crippen LogP contribution is -2.41. The molecule has 6 nitrogen and oxygen atoms in total. The van der Waals surface area contributed by atoms with E-state index in [1.54, 1.807) is 18.2 Å². The summed E-state index contributed by atoms with van der Waals surface area (Å²) in [5.41, 5.74) is 1.74. The highest BCUT2D eigenvalue weighted by molar-refractivity contribution is 5.94. The number of benzene rings is 2. The molecule has 0 aromatic heterocycles. The number of halogens is 3. The van der Waals surface area contributed by atoms with Gasteiger partial charge in [0.25, 0.3) is 0 Å². The number of carbonyl (C=O) groups excluding carboxylic acids is 1. The summed E-state index contributed by atoms with van der Waals surface area (Å²) in [6, 6.07) is 10.4. The van der Waals surface area contributed by atoms with Crippen molar-refractivity contribution in [1.29, 1.82) is 0 Å². The first-order chi connectivity index (χ1) is 13.4. The second-order valence-corrected chi connectivity index (χ2v) is 5.83. The SMILES string of the molecule is CN=C(NCC(=O)Nc1cccc(F)c1)NCc1cc(C)ccc1OC(F)F. The first-order valence-corrected chi connectivity index (χ1v) is 8.41. The Morgan fingerprint density at radius 1 is 1.18 bits per heavy atom. The van der Waals surface area contributed by atoms with Gasteiger partial charge in [-0.2, -0.15) is 8.78 Å². The second kappa shape index (κ2) is 10.2. The fourth-order valence-corrected chi connectivity index (χ4v) is 2.39. The van der Waals surface area contributed by atoms with E-state index in [-0.39, 0.29) is 18.8 Å². The van der Waals surface area contributed by atoms with Gasteiger partial charge in [0.2, 0.25) is 5.91 Å². The third-order valence-corrected chi connectivity index (χ3v) is 3.63. The van der Waals surface area contributed by atoms with Gasteiger partial charge in [-0.1, -0.05) is 23.8 Å². The topological polar surface area (TPSA) is 74.8 Å². The van der Waals surface area contributed by atoms with E-state index in [4.69, 9.17) is 0 Å². The molecule has 2 rings (SSSR count). The van der Waals surface area contributed by atoms with E-state index in [2.05, 4.69) is 25.7 Å². The molecule has 0 bridgehead atoms. The van der Waals surface area contributed by atoms with Crippen LogP contribution in [0.1, 0.15) is 11.1 Å². The maximum atomic E-state index is 13.1. The van der Waals surface area contributed by atoms with E-state index in [1.165, 1.54) is 31.3 Å². The average Bonchev–Trinajstić information content (AvgIpc) is 2.63. The summed E-state index contributed by atoms with van der Waals surface area (Å²) < 4.78 is 42.7. The number of hydrogen-bond acceptors (Lipinski definition) is 3. The number of carbonyl (C=O) groups is 1. The van der Waals surface area contributed by atoms with Crippen molar-refractivity contribution in [1.82, 2.24) is 10.6 Å². The van der Waals surface area contributed by atoms with E-state index in [0.29, 0.717) is 17.2 Å². The van der Waals surface area contributed by atoms with Crippen LogP contribution in [0, 0.1) is 12.7 Å². The van der Waals surface area contributed by atoms with Crippen molar-refractivity contribution in [2.45, 2.75) is 20.1 Å². The number of guanidine groups is 1. The lowest BCUT2D eigenvalue weighted by molar-refractivity contribution is -0.115. The van der Waals surface area contributed by atoms with Crippen LogP contribution < -0.4 is 20.7 Å². The molecule has 0 atom stereocenters. The lowest BCUT2D eigenvalue weighted by Gasteiger charge is -2.15. The maximum Gasteiger partial charge on any atom is 0.387 e. The summed E-state index contributed by atoms with van der Waals surface area (Å²) in [5.74, 6) is -0.500. The normalized spacial score (nSPS) is 11.3. The Kier molecular flexibility index (Phi) is 7.67. The average molecular weight is 394 g/mol. The van der Waals surface area contributed by atoms with Crippen molar-refractivity contribution in [2.24, 2.45) is 4.99 Å². The van der Waals surface area contributed by atoms with Crippen LogP contribution in [0.3, 0.4) is 0 Å². The summed E-state index contributed by atoms with van der Waals surface area (Å²) >= 11 is 0. The molecule has 0 aliphatic carbocycles. The Morgan fingerprint density at radius 2 is 1.96 bits per heavy atom. The van der Waals surface area contributed by atoms with E-state index in [0.717, 1.165) is 5.56 Å². The largest absolute Gasteiger partial charge is 0.434 e. The van der Waals surface area contributed by atoms with Crippen LogP contribution in [0.25, 0.3) is 0 Å². The number of nitrogens with zero attached hydrogens (tertiary/aromatic N) is 1.